The van der Waals surface area contributed by atoms with Crippen LogP contribution in [0.3, 0.4) is 0 Å². The Hall–Kier alpha value is -3.76. The van der Waals surface area contributed by atoms with Gasteiger partial charge in [0, 0.05) is 12.1 Å². The second-order valence-corrected chi connectivity index (χ2v) is 15.8. The number of primary amides is 1. The molecule has 2 aliphatic carbocycles. The number of nitrogens with one attached hydrogen (secondary N) is 3. The Labute approximate surface area is 265 Å². The Kier molecular flexibility index (Phi) is 9.26. The van der Waals surface area contributed by atoms with Crippen molar-refractivity contribution in [3.63, 3.8) is 0 Å². The highest BCUT2D eigenvalue weighted by Crippen LogP contribution is 2.65. The van der Waals surface area contributed by atoms with Crippen molar-refractivity contribution in [1.82, 2.24) is 20.9 Å². The molecule has 0 spiro atoms. The zero-order valence-corrected chi connectivity index (χ0v) is 27.7. The first-order chi connectivity index (χ1) is 20.7. The van der Waals surface area contributed by atoms with E-state index in [0.29, 0.717) is 18.5 Å². The molecular weight excluding hydrogens is 574 g/mol. The fourth-order valence-corrected chi connectivity index (χ4v) is 6.72. The van der Waals surface area contributed by atoms with E-state index in [4.69, 9.17) is 5.73 Å². The summed E-state index contributed by atoms with van der Waals surface area (Å²) in [7, 11) is 0. The van der Waals surface area contributed by atoms with Crippen LogP contribution >= 0.6 is 0 Å². The maximum atomic E-state index is 14.3. The van der Waals surface area contributed by atoms with Gasteiger partial charge in [-0.15, -0.1) is 0 Å². The number of rotatable bonds is 11. The van der Waals surface area contributed by atoms with Gasteiger partial charge in [-0.2, -0.15) is 0 Å². The van der Waals surface area contributed by atoms with Gasteiger partial charge in [0.2, 0.25) is 17.6 Å². The van der Waals surface area contributed by atoms with E-state index in [2.05, 4.69) is 16.0 Å². The topological polar surface area (TPSA) is 168 Å². The number of nitrogens with two attached hydrogens (primary N) is 1. The van der Waals surface area contributed by atoms with Gasteiger partial charge in [0.05, 0.1) is 12.1 Å². The van der Waals surface area contributed by atoms with Crippen molar-refractivity contribution >= 4 is 35.3 Å². The smallest absolute Gasteiger partial charge is 0.316 e. The summed E-state index contributed by atoms with van der Waals surface area (Å²) in [6.45, 7) is 15.4. The third-order valence-corrected chi connectivity index (χ3v) is 9.75. The zero-order valence-electron chi connectivity index (χ0n) is 27.7. The minimum absolute atomic E-state index is 0.0640. The van der Waals surface area contributed by atoms with Crippen molar-refractivity contribution in [2.45, 2.75) is 98.8 Å². The number of hydrogen-bond donors (Lipinski definition) is 4. The third-order valence-electron chi connectivity index (χ3n) is 9.75. The van der Waals surface area contributed by atoms with Crippen LogP contribution in [0.2, 0.25) is 0 Å². The molecule has 1 aromatic carbocycles. The summed E-state index contributed by atoms with van der Waals surface area (Å²) in [6.07, 6.45) is 2.16. The van der Waals surface area contributed by atoms with Crippen LogP contribution in [0.1, 0.15) is 85.0 Å². The molecule has 1 aromatic rings. The van der Waals surface area contributed by atoms with E-state index in [1.165, 1.54) is 4.90 Å². The molecule has 0 radical (unpaired) electrons. The lowest BCUT2D eigenvalue weighted by Gasteiger charge is -2.38. The van der Waals surface area contributed by atoms with E-state index in [1.807, 2.05) is 61.5 Å². The first-order valence-electron chi connectivity index (χ1n) is 15.9. The third kappa shape index (κ3) is 7.39. The zero-order chi connectivity index (χ0) is 33.6. The van der Waals surface area contributed by atoms with Gasteiger partial charge in [0.25, 0.3) is 5.91 Å². The number of carbonyl (C=O) groups is 6. The monoisotopic (exact) mass is 623 g/mol. The van der Waals surface area contributed by atoms with Crippen LogP contribution in [0.15, 0.2) is 30.3 Å². The van der Waals surface area contributed by atoms with Crippen molar-refractivity contribution in [2.75, 3.05) is 6.54 Å². The van der Waals surface area contributed by atoms with Crippen molar-refractivity contribution in [2.24, 2.45) is 39.7 Å². The van der Waals surface area contributed by atoms with E-state index in [1.54, 1.807) is 24.3 Å². The Bertz CT molecular complexity index is 1360. The first-order valence-corrected chi connectivity index (χ1v) is 15.9. The number of piperidine rings is 1. The van der Waals surface area contributed by atoms with Crippen molar-refractivity contribution in [3.8, 4) is 0 Å². The number of carbonyl (C=O) groups excluding carboxylic acids is 6. The van der Waals surface area contributed by atoms with Crippen LogP contribution in [0, 0.1) is 34.0 Å². The van der Waals surface area contributed by atoms with Gasteiger partial charge in [0.1, 0.15) is 12.1 Å². The predicted octanol–water partition coefficient (Wildman–Crippen LogP) is 2.82. The molecule has 1 unspecified atom stereocenters. The number of benzene rings is 1. The van der Waals surface area contributed by atoms with Crippen LogP contribution in [-0.2, 0) is 19.2 Å². The first kappa shape index (κ1) is 34.1. The molecule has 1 aliphatic heterocycles. The fourth-order valence-electron chi connectivity index (χ4n) is 6.72. The van der Waals surface area contributed by atoms with Gasteiger partial charge in [-0.3, -0.25) is 24.0 Å². The largest absolute Gasteiger partial charge is 0.363 e. The molecule has 1 saturated heterocycles. The van der Waals surface area contributed by atoms with Crippen LogP contribution in [0.4, 0.5) is 4.79 Å². The summed E-state index contributed by atoms with van der Waals surface area (Å²) >= 11 is 0. The summed E-state index contributed by atoms with van der Waals surface area (Å²) in [4.78, 5) is 80.9. The average Bonchev–Trinajstić information content (AvgIpc) is 3.79. The van der Waals surface area contributed by atoms with E-state index in [0.717, 1.165) is 12.8 Å². The van der Waals surface area contributed by atoms with Gasteiger partial charge in [-0.25, -0.2) is 4.79 Å². The molecule has 1 heterocycles. The normalized spacial score (nSPS) is 24.0. The van der Waals surface area contributed by atoms with Crippen molar-refractivity contribution < 1.29 is 28.8 Å². The molecule has 11 nitrogen and oxygen atoms in total. The Balaban J connectivity index is 1.55. The highest BCUT2D eigenvalue weighted by Gasteiger charge is 2.70. The molecule has 2 saturated carbocycles. The number of nitrogens with zero attached hydrogens (tertiary/aromatic N) is 1. The maximum Gasteiger partial charge on any atom is 0.316 e. The molecule has 3 aliphatic rings. The standard InChI is InChI=1S/C34H49N5O6/c1-32(2,3)26(24(40)19-12-10-9-11-13-19)37-31(45)38-27(33(4,5)6)30(44)39-17-20-22(34(20,7)8)23(39)29(43)36-21(16-18-14-15-18)25(41)28(35)42/h9-13,18,20-23,26-27H,14-17H2,1-8H3,(H2,35,42)(H,36,43)(H2,37,38,45)/t20-,21?,22-,23-,26+,27+/m0/s1. The van der Waals surface area contributed by atoms with Gasteiger partial charge in [-0.05, 0) is 40.4 Å². The van der Waals surface area contributed by atoms with Gasteiger partial charge in [0.15, 0.2) is 5.78 Å². The summed E-state index contributed by atoms with van der Waals surface area (Å²) in [5, 5.41) is 8.39. The highest BCUT2D eigenvalue weighted by molar-refractivity contribution is 6.37. The van der Waals surface area contributed by atoms with Crippen LogP contribution < -0.4 is 21.7 Å². The molecule has 45 heavy (non-hydrogen) atoms. The fraction of sp³-hybridized carbons (Fsp3) is 0.647. The summed E-state index contributed by atoms with van der Waals surface area (Å²) < 4.78 is 0. The van der Waals surface area contributed by atoms with Crippen LogP contribution in [-0.4, -0.2) is 70.9 Å². The Morgan fingerprint density at radius 1 is 0.889 bits per heavy atom. The lowest BCUT2D eigenvalue weighted by atomic mass is 9.82. The minimum atomic E-state index is -1.10. The summed E-state index contributed by atoms with van der Waals surface area (Å²) in [6, 6.07) is 4.21. The molecule has 3 fully saturated rings. The van der Waals surface area contributed by atoms with Gasteiger partial charge >= 0.3 is 6.03 Å². The summed E-state index contributed by atoms with van der Waals surface area (Å²) in [5.41, 5.74) is 4.17. The van der Waals surface area contributed by atoms with E-state index >= 15 is 0 Å². The number of hydrogen-bond acceptors (Lipinski definition) is 6. The van der Waals surface area contributed by atoms with E-state index < -0.39 is 64.5 Å². The molecule has 11 heteroatoms. The molecule has 6 atom stereocenters. The van der Waals surface area contributed by atoms with E-state index in [-0.39, 0.29) is 29.0 Å². The lowest BCUT2D eigenvalue weighted by molar-refractivity contribution is -0.145. The maximum absolute atomic E-state index is 14.3. The highest BCUT2D eigenvalue weighted by atomic mass is 16.2. The number of amides is 5. The number of ketones is 2. The predicted molar refractivity (Wildman–Crippen MR) is 169 cm³/mol. The minimum Gasteiger partial charge on any atom is -0.363 e. The molecule has 4 rings (SSSR count). The summed E-state index contributed by atoms with van der Waals surface area (Å²) in [5.74, 6) is -2.97. The van der Waals surface area contributed by atoms with Gasteiger partial charge < -0.3 is 26.6 Å². The van der Waals surface area contributed by atoms with E-state index in [9.17, 15) is 28.8 Å². The number of fused-ring (bicyclic) bond motifs is 1. The average molecular weight is 624 g/mol. The van der Waals surface area contributed by atoms with Crippen LogP contribution in [0.5, 0.6) is 0 Å². The number of urea groups is 1. The molecule has 246 valence electrons. The van der Waals surface area contributed by atoms with Crippen LogP contribution in [0.25, 0.3) is 0 Å². The molecular formula is C34H49N5O6. The number of Topliss-reactive ketones (excluding diaryl/α,β-unsaturated/α-hetero) is 2. The number of likely N-dealkylation sites (tertiary alicyclic amines) is 1. The lowest BCUT2D eigenvalue weighted by Crippen LogP contribution is -2.62. The van der Waals surface area contributed by atoms with Gasteiger partial charge in [-0.1, -0.05) is 98.6 Å². The van der Waals surface area contributed by atoms with Crippen molar-refractivity contribution in [3.05, 3.63) is 35.9 Å². The molecule has 5 amide bonds. The SMILES string of the molecule is CC(C)(C)[C@H](NC(=O)N[C@H](C(=O)N1C[C@H]2[C@@H]([C@H]1C(=O)NC(CC1CC1)C(=O)C(N)=O)C2(C)C)C(C)(C)C)C(=O)c1ccccc1. The Morgan fingerprint density at radius 2 is 1.44 bits per heavy atom. The second-order valence-electron chi connectivity index (χ2n) is 15.8. The Morgan fingerprint density at radius 3 is 1.96 bits per heavy atom. The molecule has 0 aromatic heterocycles. The molecule has 5 N–H and O–H groups in total. The van der Waals surface area contributed by atoms with Crippen molar-refractivity contribution in [1.29, 1.82) is 0 Å². The molecule has 0 bridgehead atoms. The quantitative estimate of drug-likeness (QED) is 0.218. The second kappa shape index (κ2) is 12.2.